The number of halogens is 1. The van der Waals surface area contributed by atoms with E-state index in [9.17, 15) is 9.18 Å². The molecule has 0 radical (unpaired) electrons. The number of pyridine rings is 2. The molecular formula is C25H16FN5O. The molecule has 0 saturated heterocycles. The van der Waals surface area contributed by atoms with Crippen molar-refractivity contribution < 1.29 is 9.18 Å². The molecule has 6 rings (SSSR count). The van der Waals surface area contributed by atoms with Gasteiger partial charge in [0.1, 0.15) is 5.82 Å². The van der Waals surface area contributed by atoms with Gasteiger partial charge in [-0.3, -0.25) is 9.78 Å². The van der Waals surface area contributed by atoms with Gasteiger partial charge >= 0.3 is 0 Å². The lowest BCUT2D eigenvalue weighted by molar-refractivity contribution is 0.0943. The molecule has 1 aliphatic rings. The number of carbonyl (C=O) groups is 1. The van der Waals surface area contributed by atoms with E-state index in [1.165, 1.54) is 12.3 Å². The average Bonchev–Trinajstić information content (AvgIpc) is 3.39. The number of nitrogens with one attached hydrogen (secondary N) is 2. The van der Waals surface area contributed by atoms with E-state index < -0.39 is 5.95 Å². The molecule has 6 nitrogen and oxygen atoms in total. The second-order valence-corrected chi connectivity index (χ2v) is 7.61. The summed E-state index contributed by atoms with van der Waals surface area (Å²) >= 11 is 0. The predicted molar refractivity (Wildman–Crippen MR) is 118 cm³/mol. The van der Waals surface area contributed by atoms with E-state index in [-0.39, 0.29) is 17.5 Å². The van der Waals surface area contributed by atoms with Gasteiger partial charge in [-0.1, -0.05) is 42.5 Å². The van der Waals surface area contributed by atoms with E-state index >= 15 is 0 Å². The number of H-pyrrole nitrogens is 1. The molecule has 5 aromatic rings. The summed E-state index contributed by atoms with van der Waals surface area (Å²) in [5.74, 6) is -0.312. The topological polar surface area (TPSA) is 83.6 Å². The summed E-state index contributed by atoms with van der Waals surface area (Å²) in [6.45, 7) is 0. The maximum atomic E-state index is 13.5. The summed E-state index contributed by atoms with van der Waals surface area (Å²) in [7, 11) is 0. The third-order valence-electron chi connectivity index (χ3n) is 5.75. The highest BCUT2D eigenvalue weighted by atomic mass is 19.1. The molecule has 0 spiro atoms. The molecule has 0 unspecified atom stereocenters. The van der Waals surface area contributed by atoms with Gasteiger partial charge in [-0.25, -0.2) is 9.97 Å². The Labute approximate surface area is 182 Å². The molecule has 1 aliphatic carbocycles. The molecule has 2 aromatic carbocycles. The largest absolute Gasteiger partial charge is 0.341 e. The molecule has 0 saturated carbocycles. The lowest BCUT2D eigenvalue weighted by atomic mass is 9.98. The molecule has 154 valence electrons. The first-order chi connectivity index (χ1) is 15.7. The molecule has 0 aliphatic heterocycles. The Kier molecular flexibility index (Phi) is 4.07. The van der Waals surface area contributed by atoms with Gasteiger partial charge in [0.05, 0.1) is 23.3 Å². The fourth-order valence-corrected chi connectivity index (χ4v) is 4.35. The van der Waals surface area contributed by atoms with Crippen LogP contribution < -0.4 is 5.32 Å². The second kappa shape index (κ2) is 7.09. The minimum Gasteiger partial charge on any atom is -0.341 e. The number of rotatable bonds is 3. The number of imidazole rings is 1. The van der Waals surface area contributed by atoms with Crippen LogP contribution in [0.2, 0.25) is 0 Å². The van der Waals surface area contributed by atoms with Gasteiger partial charge in [-0.15, -0.1) is 0 Å². The molecular weight excluding hydrogens is 405 g/mol. The number of benzene rings is 2. The molecule has 0 fully saturated rings. The molecule has 1 amide bonds. The summed E-state index contributed by atoms with van der Waals surface area (Å²) in [4.78, 5) is 28.7. The third kappa shape index (κ3) is 2.86. The predicted octanol–water partition coefficient (Wildman–Crippen LogP) is 4.66. The Morgan fingerprint density at radius 2 is 1.81 bits per heavy atom. The standard InChI is InChI=1S/C25H16FN5O/c26-21-12-14(8-11-28-21)25(32)31-23-16-5-2-1-4-15(16)22-17(23)6-3-7-18(22)24-29-19-9-10-27-13-20(19)30-24/h1-13,23H,(H,29,30)(H,31,32)/t23-/m1/s1. The van der Waals surface area contributed by atoms with Crippen LogP contribution in [-0.2, 0) is 0 Å². The van der Waals surface area contributed by atoms with E-state index in [4.69, 9.17) is 4.98 Å². The molecule has 0 bridgehead atoms. The lowest BCUT2D eigenvalue weighted by Crippen LogP contribution is -2.28. The van der Waals surface area contributed by atoms with E-state index in [1.807, 2.05) is 48.5 Å². The number of nitrogens with zero attached hydrogens (tertiary/aromatic N) is 3. The first-order valence-corrected chi connectivity index (χ1v) is 10.1. The van der Waals surface area contributed by atoms with Crippen molar-refractivity contribution in [2.75, 3.05) is 0 Å². The fraction of sp³-hybridized carbons (Fsp3) is 0.0400. The van der Waals surface area contributed by atoms with Crippen molar-refractivity contribution >= 4 is 16.9 Å². The van der Waals surface area contributed by atoms with Crippen LogP contribution in [0.1, 0.15) is 27.5 Å². The van der Waals surface area contributed by atoms with Crippen molar-refractivity contribution in [1.29, 1.82) is 0 Å². The number of aromatic amines is 1. The Bertz CT molecular complexity index is 1480. The van der Waals surface area contributed by atoms with Crippen LogP contribution in [0.4, 0.5) is 4.39 Å². The highest BCUT2D eigenvalue weighted by Gasteiger charge is 2.32. The van der Waals surface area contributed by atoms with Gasteiger partial charge < -0.3 is 10.3 Å². The number of carbonyl (C=O) groups excluding carboxylic acids is 1. The van der Waals surface area contributed by atoms with Gasteiger partial charge in [0.25, 0.3) is 5.91 Å². The van der Waals surface area contributed by atoms with Crippen LogP contribution in [0, 0.1) is 5.95 Å². The Morgan fingerprint density at radius 3 is 2.69 bits per heavy atom. The zero-order valence-electron chi connectivity index (χ0n) is 16.7. The van der Waals surface area contributed by atoms with E-state index in [1.54, 1.807) is 12.4 Å². The second-order valence-electron chi connectivity index (χ2n) is 7.61. The smallest absolute Gasteiger partial charge is 0.252 e. The van der Waals surface area contributed by atoms with Gasteiger partial charge in [-0.2, -0.15) is 4.39 Å². The third-order valence-corrected chi connectivity index (χ3v) is 5.75. The number of aromatic nitrogens is 4. The Hall–Kier alpha value is -4.39. The van der Waals surface area contributed by atoms with Crippen molar-refractivity contribution in [2.45, 2.75) is 6.04 Å². The molecule has 2 N–H and O–H groups in total. The van der Waals surface area contributed by atoms with Gasteiger partial charge in [0.15, 0.2) is 0 Å². The Morgan fingerprint density at radius 1 is 0.969 bits per heavy atom. The maximum absolute atomic E-state index is 13.5. The van der Waals surface area contributed by atoms with Crippen LogP contribution in [0.5, 0.6) is 0 Å². The number of hydrogen-bond acceptors (Lipinski definition) is 4. The van der Waals surface area contributed by atoms with Crippen molar-refractivity contribution in [3.05, 3.63) is 102 Å². The fourth-order valence-electron chi connectivity index (χ4n) is 4.35. The van der Waals surface area contributed by atoms with Crippen molar-refractivity contribution in [2.24, 2.45) is 0 Å². The molecule has 7 heteroatoms. The SMILES string of the molecule is O=C(N[C@@H]1c2ccccc2-c2c(-c3nc4ccncc4[nH]3)cccc21)c1ccnc(F)c1. The van der Waals surface area contributed by atoms with E-state index in [0.29, 0.717) is 0 Å². The minimum atomic E-state index is -0.688. The van der Waals surface area contributed by atoms with Crippen LogP contribution in [-0.4, -0.2) is 25.8 Å². The molecule has 3 heterocycles. The van der Waals surface area contributed by atoms with Crippen LogP contribution in [0.25, 0.3) is 33.5 Å². The number of amides is 1. The average molecular weight is 421 g/mol. The van der Waals surface area contributed by atoms with E-state index in [0.717, 1.165) is 50.7 Å². The van der Waals surface area contributed by atoms with Crippen LogP contribution in [0.3, 0.4) is 0 Å². The van der Waals surface area contributed by atoms with Gasteiger partial charge in [0.2, 0.25) is 5.95 Å². The highest BCUT2D eigenvalue weighted by molar-refractivity contribution is 5.97. The number of hydrogen-bond donors (Lipinski definition) is 2. The monoisotopic (exact) mass is 421 g/mol. The van der Waals surface area contributed by atoms with Crippen molar-refractivity contribution in [3.63, 3.8) is 0 Å². The zero-order chi connectivity index (χ0) is 21.7. The van der Waals surface area contributed by atoms with Gasteiger partial charge in [-0.05, 0) is 34.4 Å². The summed E-state index contributed by atoms with van der Waals surface area (Å²) in [5, 5.41) is 3.07. The first-order valence-electron chi connectivity index (χ1n) is 10.1. The summed E-state index contributed by atoms with van der Waals surface area (Å²) in [6.07, 6.45) is 4.75. The quantitative estimate of drug-likeness (QED) is 0.415. The van der Waals surface area contributed by atoms with E-state index in [2.05, 4.69) is 20.3 Å². The van der Waals surface area contributed by atoms with Crippen LogP contribution >= 0.6 is 0 Å². The van der Waals surface area contributed by atoms with Crippen molar-refractivity contribution in [1.82, 2.24) is 25.3 Å². The summed E-state index contributed by atoms with van der Waals surface area (Å²) in [6, 6.07) is 18.1. The van der Waals surface area contributed by atoms with Gasteiger partial charge in [0, 0.05) is 29.6 Å². The molecule has 32 heavy (non-hydrogen) atoms. The first kappa shape index (κ1) is 18.4. The summed E-state index contributed by atoms with van der Waals surface area (Å²) in [5.41, 5.74) is 6.85. The highest BCUT2D eigenvalue weighted by Crippen LogP contribution is 2.47. The Balaban J connectivity index is 1.48. The lowest BCUT2D eigenvalue weighted by Gasteiger charge is -2.16. The number of fused-ring (bicyclic) bond motifs is 4. The maximum Gasteiger partial charge on any atom is 0.252 e. The van der Waals surface area contributed by atoms with Crippen LogP contribution in [0.15, 0.2) is 79.3 Å². The molecule has 3 aromatic heterocycles. The minimum absolute atomic E-state index is 0.226. The normalized spacial score (nSPS) is 14.2. The summed E-state index contributed by atoms with van der Waals surface area (Å²) < 4.78 is 13.5. The zero-order valence-corrected chi connectivity index (χ0v) is 16.7. The van der Waals surface area contributed by atoms with Crippen molar-refractivity contribution in [3.8, 4) is 22.5 Å². The molecule has 1 atom stereocenters.